The summed E-state index contributed by atoms with van der Waals surface area (Å²) in [6, 6.07) is 0. The van der Waals surface area contributed by atoms with E-state index in [-0.39, 0.29) is 0 Å². The molecular formula is C11H20N4O2. The number of anilines is 1. The lowest BCUT2D eigenvalue weighted by Gasteiger charge is -2.11. The van der Waals surface area contributed by atoms with Crippen molar-refractivity contribution in [2.45, 2.75) is 32.6 Å². The molecule has 6 heteroatoms. The van der Waals surface area contributed by atoms with Crippen molar-refractivity contribution >= 4 is 5.82 Å². The number of aromatic nitrogens is 2. The molecule has 0 saturated heterocycles. The van der Waals surface area contributed by atoms with Gasteiger partial charge in [0.05, 0.1) is 13.7 Å². The molecular weight excluding hydrogens is 220 g/mol. The van der Waals surface area contributed by atoms with Crippen molar-refractivity contribution in [2.24, 2.45) is 5.84 Å². The lowest BCUT2D eigenvalue weighted by Crippen LogP contribution is -2.11. The zero-order valence-corrected chi connectivity index (χ0v) is 10.4. The number of unbranched alkanes of at least 4 members (excludes halogenated alkanes) is 3. The van der Waals surface area contributed by atoms with Crippen LogP contribution in [-0.2, 0) is 0 Å². The monoisotopic (exact) mass is 240 g/mol. The largest absolute Gasteiger partial charge is 0.489 e. The van der Waals surface area contributed by atoms with E-state index in [0.717, 1.165) is 12.8 Å². The van der Waals surface area contributed by atoms with E-state index in [1.165, 1.54) is 26.3 Å². The van der Waals surface area contributed by atoms with Crippen LogP contribution in [0.3, 0.4) is 0 Å². The van der Waals surface area contributed by atoms with Gasteiger partial charge < -0.3 is 14.9 Å². The van der Waals surface area contributed by atoms with Gasteiger partial charge in [-0.25, -0.2) is 10.8 Å². The van der Waals surface area contributed by atoms with Gasteiger partial charge >= 0.3 is 0 Å². The van der Waals surface area contributed by atoms with Gasteiger partial charge in [-0.15, -0.1) is 0 Å². The summed E-state index contributed by atoms with van der Waals surface area (Å²) in [7, 11) is 1.53. The van der Waals surface area contributed by atoms with Crippen molar-refractivity contribution in [3.8, 4) is 11.6 Å². The second-order valence-electron chi connectivity index (χ2n) is 3.61. The second kappa shape index (κ2) is 7.67. The number of methoxy groups -OCH3 is 1. The highest BCUT2D eigenvalue weighted by Crippen LogP contribution is 2.30. The Balaban J connectivity index is 2.52. The number of nitrogens with one attached hydrogen (secondary N) is 1. The van der Waals surface area contributed by atoms with E-state index in [4.69, 9.17) is 15.3 Å². The minimum atomic E-state index is 0.422. The van der Waals surface area contributed by atoms with Gasteiger partial charge in [0.2, 0.25) is 5.75 Å². The number of nitrogen functional groups attached to an aromatic ring is 1. The average Bonchev–Trinajstić information content (AvgIpc) is 2.38. The minimum Gasteiger partial charge on any atom is -0.489 e. The van der Waals surface area contributed by atoms with Crippen LogP contribution in [0.1, 0.15) is 32.6 Å². The molecule has 0 aliphatic heterocycles. The zero-order chi connectivity index (χ0) is 12.5. The molecule has 0 atom stereocenters. The number of nitrogens with zero attached hydrogens (tertiary/aromatic N) is 2. The average molecular weight is 240 g/mol. The molecule has 0 radical (unpaired) electrons. The van der Waals surface area contributed by atoms with Crippen LogP contribution in [0.15, 0.2) is 6.33 Å². The van der Waals surface area contributed by atoms with E-state index in [0.29, 0.717) is 24.1 Å². The molecule has 1 aromatic rings. The van der Waals surface area contributed by atoms with Crippen LogP contribution >= 0.6 is 0 Å². The SMILES string of the molecule is CCCCCCOc1ncnc(NN)c1OC. The molecule has 0 spiro atoms. The minimum absolute atomic E-state index is 0.422. The molecule has 0 saturated carbocycles. The summed E-state index contributed by atoms with van der Waals surface area (Å²) < 4.78 is 10.7. The van der Waals surface area contributed by atoms with Crippen LogP contribution in [0.2, 0.25) is 0 Å². The lowest BCUT2D eigenvalue weighted by atomic mass is 10.2. The van der Waals surface area contributed by atoms with Crippen molar-refractivity contribution in [3.05, 3.63) is 6.33 Å². The first-order valence-corrected chi connectivity index (χ1v) is 5.81. The number of nitrogens with two attached hydrogens (primary N) is 1. The number of ether oxygens (including phenoxy) is 2. The van der Waals surface area contributed by atoms with Crippen LogP contribution < -0.4 is 20.7 Å². The molecule has 0 bridgehead atoms. The molecule has 17 heavy (non-hydrogen) atoms. The highest BCUT2D eigenvalue weighted by atomic mass is 16.5. The molecule has 0 aliphatic rings. The molecule has 6 nitrogen and oxygen atoms in total. The van der Waals surface area contributed by atoms with Crippen molar-refractivity contribution < 1.29 is 9.47 Å². The maximum absolute atomic E-state index is 5.55. The van der Waals surface area contributed by atoms with Crippen LogP contribution in [0.25, 0.3) is 0 Å². The number of hydrogen-bond acceptors (Lipinski definition) is 6. The Hall–Kier alpha value is -1.56. The fraction of sp³-hybridized carbons (Fsp3) is 0.636. The van der Waals surface area contributed by atoms with E-state index >= 15 is 0 Å². The normalized spacial score (nSPS) is 10.1. The first-order chi connectivity index (χ1) is 8.33. The van der Waals surface area contributed by atoms with Gasteiger partial charge in [-0.05, 0) is 6.42 Å². The Morgan fingerprint density at radius 3 is 2.76 bits per heavy atom. The molecule has 96 valence electrons. The third kappa shape index (κ3) is 4.07. The van der Waals surface area contributed by atoms with Gasteiger partial charge in [-0.3, -0.25) is 0 Å². The molecule has 3 N–H and O–H groups in total. The van der Waals surface area contributed by atoms with E-state index in [1.54, 1.807) is 0 Å². The van der Waals surface area contributed by atoms with E-state index in [1.807, 2.05) is 0 Å². The first-order valence-electron chi connectivity index (χ1n) is 5.81. The van der Waals surface area contributed by atoms with Crippen molar-refractivity contribution in [2.75, 3.05) is 19.1 Å². The van der Waals surface area contributed by atoms with Crippen molar-refractivity contribution in [3.63, 3.8) is 0 Å². The van der Waals surface area contributed by atoms with Gasteiger partial charge in [0, 0.05) is 0 Å². The second-order valence-corrected chi connectivity index (χ2v) is 3.61. The van der Waals surface area contributed by atoms with E-state index < -0.39 is 0 Å². The summed E-state index contributed by atoms with van der Waals surface area (Å²) in [5.41, 5.74) is 2.44. The highest BCUT2D eigenvalue weighted by Gasteiger charge is 2.12. The Kier molecular flexibility index (Phi) is 6.09. The molecule has 1 aromatic heterocycles. The smallest absolute Gasteiger partial charge is 0.262 e. The molecule has 0 aromatic carbocycles. The first kappa shape index (κ1) is 13.5. The van der Waals surface area contributed by atoms with Crippen LogP contribution in [0, 0.1) is 0 Å². The highest BCUT2D eigenvalue weighted by molar-refractivity contribution is 5.54. The van der Waals surface area contributed by atoms with Crippen LogP contribution in [0.5, 0.6) is 11.6 Å². The Bertz CT molecular complexity index is 333. The number of hydrogen-bond donors (Lipinski definition) is 2. The standard InChI is InChI=1S/C11H20N4O2/c1-3-4-5-6-7-17-11-9(16-2)10(15-12)13-8-14-11/h8H,3-7,12H2,1-2H3,(H,13,14,15). The summed E-state index contributed by atoms with van der Waals surface area (Å²) >= 11 is 0. The van der Waals surface area contributed by atoms with Crippen LogP contribution in [0.4, 0.5) is 5.82 Å². The van der Waals surface area contributed by atoms with Gasteiger partial charge in [-0.2, -0.15) is 4.98 Å². The molecule has 0 amide bonds. The predicted octanol–water partition coefficient (Wildman–Crippen LogP) is 1.73. The van der Waals surface area contributed by atoms with Crippen molar-refractivity contribution in [1.82, 2.24) is 9.97 Å². The van der Waals surface area contributed by atoms with Gasteiger partial charge in [-0.1, -0.05) is 26.2 Å². The number of rotatable bonds is 8. The Morgan fingerprint density at radius 1 is 1.29 bits per heavy atom. The summed E-state index contributed by atoms with van der Waals surface area (Å²) in [5.74, 6) is 6.59. The fourth-order valence-electron chi connectivity index (χ4n) is 1.44. The molecule has 0 unspecified atom stereocenters. The maximum Gasteiger partial charge on any atom is 0.262 e. The summed E-state index contributed by atoms with van der Waals surface area (Å²) in [6.07, 6.45) is 5.98. The summed E-state index contributed by atoms with van der Waals surface area (Å²) in [4.78, 5) is 7.96. The quantitative estimate of drug-likeness (QED) is 0.409. The predicted molar refractivity (Wildman–Crippen MR) is 66.0 cm³/mol. The van der Waals surface area contributed by atoms with Gasteiger partial charge in [0.1, 0.15) is 6.33 Å². The third-order valence-corrected chi connectivity index (χ3v) is 2.35. The molecule has 0 aliphatic carbocycles. The fourth-order valence-corrected chi connectivity index (χ4v) is 1.44. The Labute approximate surface area is 102 Å². The van der Waals surface area contributed by atoms with Crippen molar-refractivity contribution in [1.29, 1.82) is 0 Å². The van der Waals surface area contributed by atoms with Gasteiger partial charge in [0.25, 0.3) is 5.88 Å². The maximum atomic E-state index is 5.55. The van der Waals surface area contributed by atoms with Gasteiger partial charge in [0.15, 0.2) is 5.82 Å². The zero-order valence-electron chi connectivity index (χ0n) is 10.4. The molecule has 1 heterocycles. The molecule has 0 fully saturated rings. The number of hydrazine groups is 1. The topological polar surface area (TPSA) is 82.3 Å². The van der Waals surface area contributed by atoms with E-state index in [9.17, 15) is 0 Å². The third-order valence-electron chi connectivity index (χ3n) is 2.35. The summed E-state index contributed by atoms with van der Waals surface area (Å²) in [6.45, 7) is 2.80. The summed E-state index contributed by atoms with van der Waals surface area (Å²) in [5, 5.41) is 0. The van der Waals surface area contributed by atoms with E-state index in [2.05, 4.69) is 22.3 Å². The molecule has 1 rings (SSSR count). The van der Waals surface area contributed by atoms with Crippen LogP contribution in [-0.4, -0.2) is 23.7 Å². The lowest BCUT2D eigenvalue weighted by molar-refractivity contribution is 0.273. The Morgan fingerprint density at radius 2 is 2.12 bits per heavy atom.